The standard InChI is InChI=1S/C17H17S/c1-17(2,3)14-8-9-16-13(11-14)10-12-6-4-5-7-15(12)18-16/h4-11H,1-3H3/q+1. The summed E-state index contributed by atoms with van der Waals surface area (Å²) in [5.74, 6) is 0. The molecule has 0 atom stereocenters. The maximum Gasteiger partial charge on any atom is 0.238 e. The third-order valence-electron chi connectivity index (χ3n) is 3.33. The molecule has 1 aromatic heterocycles. The van der Waals surface area contributed by atoms with Crippen molar-refractivity contribution in [2.75, 3.05) is 0 Å². The van der Waals surface area contributed by atoms with Crippen molar-refractivity contribution >= 4 is 31.5 Å². The van der Waals surface area contributed by atoms with Crippen molar-refractivity contribution < 1.29 is 0 Å². The molecule has 3 aromatic rings. The predicted octanol–water partition coefficient (Wildman–Crippen LogP) is 5.63. The van der Waals surface area contributed by atoms with Crippen LogP contribution in [0.4, 0.5) is 0 Å². The summed E-state index contributed by atoms with van der Waals surface area (Å²) >= 11 is 1.87. The lowest BCUT2D eigenvalue weighted by Gasteiger charge is -2.18. The van der Waals surface area contributed by atoms with Crippen LogP contribution in [0.5, 0.6) is 0 Å². The van der Waals surface area contributed by atoms with Gasteiger partial charge in [0.15, 0.2) is 0 Å². The van der Waals surface area contributed by atoms with Gasteiger partial charge in [-0.25, -0.2) is 0 Å². The average Bonchev–Trinajstić information content (AvgIpc) is 2.34. The lowest BCUT2D eigenvalue weighted by Crippen LogP contribution is -2.10. The Balaban J connectivity index is 2.31. The van der Waals surface area contributed by atoms with E-state index in [4.69, 9.17) is 0 Å². The van der Waals surface area contributed by atoms with Crippen molar-refractivity contribution in [1.29, 1.82) is 0 Å². The fourth-order valence-corrected chi connectivity index (χ4v) is 3.20. The number of hydrogen-bond acceptors (Lipinski definition) is 0. The van der Waals surface area contributed by atoms with E-state index in [1.54, 1.807) is 0 Å². The Kier molecular flexibility index (Phi) is 2.60. The van der Waals surface area contributed by atoms with Gasteiger partial charge in [0.1, 0.15) is 0 Å². The zero-order chi connectivity index (χ0) is 12.8. The molecule has 0 radical (unpaired) electrons. The maximum atomic E-state index is 2.33. The van der Waals surface area contributed by atoms with Gasteiger partial charge in [-0.2, -0.15) is 0 Å². The lowest BCUT2D eigenvalue weighted by molar-refractivity contribution is 0.591. The molecule has 0 aliphatic rings. The molecule has 0 bridgehead atoms. The van der Waals surface area contributed by atoms with Crippen LogP contribution in [0.15, 0.2) is 48.5 Å². The van der Waals surface area contributed by atoms with E-state index in [2.05, 4.69) is 69.3 Å². The second-order valence-corrected chi connectivity index (χ2v) is 6.87. The molecule has 2 aromatic carbocycles. The molecule has 0 unspecified atom stereocenters. The fraction of sp³-hybridized carbons (Fsp3) is 0.235. The van der Waals surface area contributed by atoms with Gasteiger partial charge in [-0.15, -0.1) is 0 Å². The Labute approximate surface area is 112 Å². The van der Waals surface area contributed by atoms with Crippen molar-refractivity contribution in [1.82, 2.24) is 0 Å². The van der Waals surface area contributed by atoms with E-state index < -0.39 is 0 Å². The maximum absolute atomic E-state index is 2.33. The lowest BCUT2D eigenvalue weighted by atomic mass is 9.86. The third kappa shape index (κ3) is 1.99. The van der Waals surface area contributed by atoms with Crippen molar-refractivity contribution in [2.24, 2.45) is 0 Å². The first kappa shape index (κ1) is 11.6. The minimum atomic E-state index is 0.213. The van der Waals surface area contributed by atoms with E-state index in [-0.39, 0.29) is 5.41 Å². The molecule has 1 heterocycles. The molecular formula is C17H17S+. The van der Waals surface area contributed by atoms with Gasteiger partial charge in [0.2, 0.25) is 20.7 Å². The van der Waals surface area contributed by atoms with Crippen LogP contribution in [-0.4, -0.2) is 0 Å². The van der Waals surface area contributed by atoms with Crippen molar-refractivity contribution in [2.45, 2.75) is 26.2 Å². The summed E-state index contributed by atoms with van der Waals surface area (Å²) < 4.78 is 2.72. The zero-order valence-corrected chi connectivity index (χ0v) is 11.8. The highest BCUT2D eigenvalue weighted by atomic mass is 32.1. The first-order valence-electron chi connectivity index (χ1n) is 6.30. The molecule has 18 heavy (non-hydrogen) atoms. The molecule has 1 heteroatoms. The number of benzene rings is 2. The summed E-state index contributed by atoms with van der Waals surface area (Å²) in [6, 6.07) is 17.7. The average molecular weight is 253 g/mol. The van der Waals surface area contributed by atoms with Crippen LogP contribution >= 0.6 is 11.3 Å². The molecule has 0 amide bonds. The van der Waals surface area contributed by atoms with Gasteiger partial charge in [-0.05, 0) is 29.2 Å². The molecule has 0 saturated carbocycles. The van der Waals surface area contributed by atoms with Crippen LogP contribution in [-0.2, 0) is 5.41 Å². The molecular weight excluding hydrogens is 236 g/mol. The molecule has 90 valence electrons. The van der Waals surface area contributed by atoms with Crippen LogP contribution in [0.3, 0.4) is 0 Å². The highest BCUT2D eigenvalue weighted by Crippen LogP contribution is 2.31. The Morgan fingerprint density at radius 2 is 1.50 bits per heavy atom. The predicted molar refractivity (Wildman–Crippen MR) is 82.4 cm³/mol. The molecule has 0 saturated heterocycles. The second-order valence-electron chi connectivity index (χ2n) is 5.79. The Hall–Kier alpha value is -1.47. The summed E-state index contributed by atoms with van der Waals surface area (Å²) in [6.07, 6.45) is 0. The largest absolute Gasteiger partial charge is 0.238 e. The zero-order valence-electron chi connectivity index (χ0n) is 11.0. The summed E-state index contributed by atoms with van der Waals surface area (Å²) in [4.78, 5) is 0. The molecule has 0 aliphatic carbocycles. The van der Waals surface area contributed by atoms with Crippen LogP contribution in [0, 0.1) is 0 Å². The van der Waals surface area contributed by atoms with E-state index in [9.17, 15) is 0 Å². The molecule has 0 aliphatic heterocycles. The SMILES string of the molecule is CC(C)(C)c1ccc2[s+]c3ccccc3cc2c1. The molecule has 3 rings (SSSR count). The normalized spacial score (nSPS) is 12.2. The van der Waals surface area contributed by atoms with Crippen LogP contribution in [0.2, 0.25) is 0 Å². The molecule has 0 spiro atoms. The van der Waals surface area contributed by atoms with Gasteiger partial charge >= 0.3 is 0 Å². The Bertz CT molecular complexity index is 720. The number of hydrogen-bond donors (Lipinski definition) is 0. The van der Waals surface area contributed by atoms with E-state index in [0.717, 1.165) is 0 Å². The Morgan fingerprint density at radius 3 is 2.28 bits per heavy atom. The van der Waals surface area contributed by atoms with E-state index in [0.29, 0.717) is 0 Å². The third-order valence-corrected chi connectivity index (χ3v) is 4.51. The summed E-state index contributed by atoms with van der Waals surface area (Å²) in [6.45, 7) is 6.79. The van der Waals surface area contributed by atoms with E-state index in [1.165, 1.54) is 25.7 Å². The van der Waals surface area contributed by atoms with Gasteiger partial charge < -0.3 is 0 Å². The van der Waals surface area contributed by atoms with Crippen molar-refractivity contribution in [3.8, 4) is 0 Å². The number of rotatable bonds is 0. The van der Waals surface area contributed by atoms with Crippen LogP contribution in [0.1, 0.15) is 26.3 Å². The fourth-order valence-electron chi connectivity index (χ4n) is 2.20. The monoisotopic (exact) mass is 253 g/mol. The van der Waals surface area contributed by atoms with Gasteiger partial charge in [-0.1, -0.05) is 39.0 Å². The first-order valence-corrected chi connectivity index (χ1v) is 7.12. The van der Waals surface area contributed by atoms with Gasteiger partial charge in [0.05, 0.1) is 0 Å². The molecule has 0 fully saturated rings. The van der Waals surface area contributed by atoms with Crippen molar-refractivity contribution in [3.63, 3.8) is 0 Å². The Morgan fingerprint density at radius 1 is 0.778 bits per heavy atom. The van der Waals surface area contributed by atoms with E-state index in [1.807, 2.05) is 11.3 Å². The second kappa shape index (κ2) is 4.03. The number of fused-ring (bicyclic) bond motifs is 2. The topological polar surface area (TPSA) is 0 Å². The molecule has 0 N–H and O–H groups in total. The van der Waals surface area contributed by atoms with Gasteiger partial charge in [-0.3, -0.25) is 0 Å². The van der Waals surface area contributed by atoms with E-state index >= 15 is 0 Å². The summed E-state index contributed by atoms with van der Waals surface area (Å²) in [5.41, 5.74) is 1.61. The minimum Gasteiger partial charge on any atom is -0.0613 e. The smallest absolute Gasteiger partial charge is 0.0613 e. The van der Waals surface area contributed by atoms with Crippen LogP contribution in [0.25, 0.3) is 20.2 Å². The highest BCUT2D eigenvalue weighted by molar-refractivity contribution is 7.24. The first-order chi connectivity index (χ1) is 8.54. The van der Waals surface area contributed by atoms with Gasteiger partial charge in [0.25, 0.3) is 0 Å². The summed E-state index contributed by atoms with van der Waals surface area (Å²) in [7, 11) is 0. The van der Waals surface area contributed by atoms with Crippen molar-refractivity contribution in [3.05, 3.63) is 54.1 Å². The van der Waals surface area contributed by atoms with Gasteiger partial charge in [0, 0.05) is 22.9 Å². The highest BCUT2D eigenvalue weighted by Gasteiger charge is 2.16. The quantitative estimate of drug-likeness (QED) is 0.359. The van der Waals surface area contributed by atoms with Crippen LogP contribution < -0.4 is 0 Å². The summed E-state index contributed by atoms with van der Waals surface area (Å²) in [5, 5.41) is 2.69. The minimum absolute atomic E-state index is 0.213. The molecule has 0 nitrogen and oxygen atoms in total.